The number of imidazole rings is 1. The van der Waals surface area contributed by atoms with Crippen LogP contribution in [0, 0.1) is 6.07 Å². The maximum Gasteiger partial charge on any atom is 0.148 e. The maximum atomic E-state index is 11.9. The number of fused-ring (bicyclic) bond motifs is 4. The van der Waals surface area contributed by atoms with E-state index < -0.39 is 0 Å². The van der Waals surface area contributed by atoms with Gasteiger partial charge in [-0.05, 0) is 64.4 Å². The van der Waals surface area contributed by atoms with Crippen molar-refractivity contribution in [2.45, 2.75) is 52.4 Å². The minimum atomic E-state index is -0.126. The third-order valence-electron chi connectivity index (χ3n) is 10.6. The molecule has 0 atom stereocenters. The molecule has 0 bridgehead atoms. The van der Waals surface area contributed by atoms with E-state index in [-0.39, 0.29) is 37.6 Å². The van der Waals surface area contributed by atoms with E-state index in [1.54, 1.807) is 0 Å². The zero-order valence-corrected chi connectivity index (χ0v) is 34.6. The van der Waals surface area contributed by atoms with Gasteiger partial charge < -0.3 is 9.52 Å². The third-order valence-corrected chi connectivity index (χ3v) is 10.6. The van der Waals surface area contributed by atoms with Gasteiger partial charge in [0.2, 0.25) is 0 Å². The van der Waals surface area contributed by atoms with Crippen LogP contribution >= 0.6 is 0 Å². The van der Waals surface area contributed by atoms with Gasteiger partial charge in [0.1, 0.15) is 22.7 Å². The van der Waals surface area contributed by atoms with E-state index in [4.69, 9.17) is 14.4 Å². The molecule has 280 valence electrons. The summed E-state index contributed by atoms with van der Waals surface area (Å²) in [5.74, 6) is 0.739. The standard InChI is InChI=1S/C50H42N3O2.Pt/c1-49(2,3)34-22-23-42(38(28-34)31-15-8-7-9-16-31)53-43-20-14-18-36(32-25-33(41-19-12-13-24-51-41)27-35(26-32)50(4,5)6)47(43)52-48(53)40-30-46-39(29-44(40)54)37-17-10-11-21-45(37)55-46;/h7-24,26-30,54H,1-6H3;/q-1;. The quantitative estimate of drug-likeness (QED) is 0.175. The van der Waals surface area contributed by atoms with Gasteiger partial charge >= 0.3 is 0 Å². The van der Waals surface area contributed by atoms with Crippen LogP contribution in [-0.2, 0) is 31.9 Å². The maximum absolute atomic E-state index is 11.9. The summed E-state index contributed by atoms with van der Waals surface area (Å²) < 4.78 is 8.57. The molecule has 3 heterocycles. The molecule has 5 nitrogen and oxygen atoms in total. The number of phenols is 1. The predicted molar refractivity (Wildman–Crippen MR) is 226 cm³/mol. The molecule has 3 aromatic heterocycles. The average molecular weight is 912 g/mol. The van der Waals surface area contributed by atoms with E-state index in [0.717, 1.165) is 66.6 Å². The number of aromatic hydroxyl groups is 1. The zero-order valence-electron chi connectivity index (χ0n) is 32.3. The number of nitrogens with zero attached hydrogens (tertiary/aromatic N) is 3. The van der Waals surface area contributed by atoms with Gasteiger partial charge in [-0.1, -0.05) is 132 Å². The fourth-order valence-corrected chi connectivity index (χ4v) is 7.53. The zero-order chi connectivity index (χ0) is 38.1. The molecular formula is C50H42N3O2Pt-. The second-order valence-electron chi connectivity index (χ2n) is 16.4. The van der Waals surface area contributed by atoms with Crippen LogP contribution in [0.2, 0.25) is 0 Å². The van der Waals surface area contributed by atoms with Gasteiger partial charge in [-0.2, -0.15) is 0 Å². The first-order valence-corrected chi connectivity index (χ1v) is 18.8. The first-order chi connectivity index (χ1) is 26.4. The smallest absolute Gasteiger partial charge is 0.148 e. The first-order valence-electron chi connectivity index (χ1n) is 18.8. The van der Waals surface area contributed by atoms with Crippen LogP contribution in [0.3, 0.4) is 0 Å². The van der Waals surface area contributed by atoms with Gasteiger partial charge in [0.15, 0.2) is 0 Å². The third kappa shape index (κ3) is 6.54. The molecule has 0 radical (unpaired) electrons. The monoisotopic (exact) mass is 911 g/mol. The van der Waals surface area contributed by atoms with Crippen LogP contribution in [0.5, 0.6) is 5.75 Å². The van der Waals surface area contributed by atoms with Gasteiger partial charge in [0, 0.05) is 49.3 Å². The minimum Gasteiger partial charge on any atom is -0.507 e. The fraction of sp³-hybridized carbons (Fsp3) is 0.160. The Balaban J connectivity index is 0.00000441. The second-order valence-corrected chi connectivity index (χ2v) is 16.4. The Morgan fingerprint density at radius 1 is 0.607 bits per heavy atom. The number of furan rings is 1. The second kappa shape index (κ2) is 14.1. The van der Waals surface area contributed by atoms with Crippen molar-refractivity contribution in [3.05, 3.63) is 157 Å². The summed E-state index contributed by atoms with van der Waals surface area (Å²) in [5.41, 5.74) is 12.7. The molecule has 0 aliphatic carbocycles. The molecule has 0 fully saturated rings. The molecule has 0 aliphatic heterocycles. The molecule has 6 aromatic carbocycles. The first kappa shape index (κ1) is 37.2. The predicted octanol–water partition coefficient (Wildman–Crippen LogP) is 13.1. The van der Waals surface area contributed by atoms with E-state index in [1.165, 1.54) is 11.1 Å². The van der Waals surface area contributed by atoms with Crippen molar-refractivity contribution in [1.29, 1.82) is 0 Å². The fourth-order valence-electron chi connectivity index (χ4n) is 7.53. The van der Waals surface area contributed by atoms with Crippen LogP contribution in [0.1, 0.15) is 52.7 Å². The van der Waals surface area contributed by atoms with Crippen LogP contribution < -0.4 is 0 Å². The summed E-state index contributed by atoms with van der Waals surface area (Å²) in [6.07, 6.45) is 1.82. The van der Waals surface area contributed by atoms with Gasteiger partial charge in [-0.15, -0.1) is 29.3 Å². The van der Waals surface area contributed by atoms with E-state index in [9.17, 15) is 5.11 Å². The van der Waals surface area contributed by atoms with Gasteiger partial charge in [-0.3, -0.25) is 9.55 Å². The summed E-state index contributed by atoms with van der Waals surface area (Å²) in [6.45, 7) is 13.4. The Hall–Kier alpha value is -5.77. The van der Waals surface area contributed by atoms with E-state index in [0.29, 0.717) is 17.0 Å². The Kier molecular flexibility index (Phi) is 9.33. The number of para-hydroxylation sites is 2. The summed E-state index contributed by atoms with van der Waals surface area (Å²) in [7, 11) is 0. The molecule has 0 amide bonds. The minimum absolute atomic E-state index is 0. The average Bonchev–Trinajstić information content (AvgIpc) is 3.75. The van der Waals surface area contributed by atoms with Crippen LogP contribution in [0.15, 0.2) is 144 Å². The number of pyridine rings is 1. The molecule has 0 saturated heterocycles. The van der Waals surface area contributed by atoms with Crippen molar-refractivity contribution in [2.24, 2.45) is 0 Å². The normalized spacial score (nSPS) is 12.0. The summed E-state index contributed by atoms with van der Waals surface area (Å²) in [6, 6.07) is 49.3. The van der Waals surface area contributed by atoms with Crippen molar-refractivity contribution < 1.29 is 30.6 Å². The summed E-state index contributed by atoms with van der Waals surface area (Å²) in [5, 5.41) is 13.8. The van der Waals surface area contributed by atoms with Crippen molar-refractivity contribution in [1.82, 2.24) is 14.5 Å². The van der Waals surface area contributed by atoms with Crippen LogP contribution in [0.25, 0.3) is 83.6 Å². The Labute approximate surface area is 342 Å². The topological polar surface area (TPSA) is 64.1 Å². The molecule has 0 unspecified atom stereocenters. The largest absolute Gasteiger partial charge is 0.507 e. The van der Waals surface area contributed by atoms with E-state index in [1.807, 2.05) is 66.9 Å². The van der Waals surface area contributed by atoms with Crippen LogP contribution in [0.4, 0.5) is 0 Å². The van der Waals surface area contributed by atoms with Gasteiger partial charge in [-0.25, -0.2) is 4.98 Å². The number of hydrogen-bond acceptors (Lipinski definition) is 4. The van der Waals surface area contributed by atoms with E-state index in [2.05, 4.69) is 125 Å². The summed E-state index contributed by atoms with van der Waals surface area (Å²) in [4.78, 5) is 10.2. The number of benzene rings is 6. The number of hydrogen-bond donors (Lipinski definition) is 1. The molecule has 6 heteroatoms. The SMILES string of the molecule is CC(C)(C)c1cc(-c2ccccn2)[c-]c(-c2cccc3c2nc(-c2cc4oc5ccccc5c4cc2O)n3-c2ccc(C(C)(C)C)cc2-c2ccccc2)c1.[Pt]. The van der Waals surface area contributed by atoms with Crippen LogP contribution in [-0.4, -0.2) is 19.6 Å². The molecule has 0 saturated carbocycles. The van der Waals surface area contributed by atoms with Gasteiger partial charge in [0.25, 0.3) is 0 Å². The molecule has 9 rings (SSSR count). The van der Waals surface area contributed by atoms with Gasteiger partial charge in [0.05, 0.1) is 22.3 Å². The molecule has 0 spiro atoms. The number of phenolic OH excluding ortho intramolecular Hbond substituents is 1. The molecule has 1 N–H and O–H groups in total. The molecule has 56 heavy (non-hydrogen) atoms. The molecule has 0 aliphatic rings. The Morgan fingerprint density at radius 2 is 1.34 bits per heavy atom. The van der Waals surface area contributed by atoms with Crippen molar-refractivity contribution in [2.75, 3.05) is 0 Å². The van der Waals surface area contributed by atoms with E-state index >= 15 is 0 Å². The molecular weight excluding hydrogens is 870 g/mol. The van der Waals surface area contributed by atoms with Crippen molar-refractivity contribution >= 4 is 33.0 Å². The Morgan fingerprint density at radius 3 is 2.09 bits per heavy atom. The van der Waals surface area contributed by atoms with Crippen molar-refractivity contribution in [3.8, 4) is 56.3 Å². The van der Waals surface area contributed by atoms with Crippen molar-refractivity contribution in [3.63, 3.8) is 0 Å². The molecule has 9 aromatic rings. The number of aromatic nitrogens is 3. The summed E-state index contributed by atoms with van der Waals surface area (Å²) >= 11 is 0. The number of rotatable bonds is 5. The Bertz CT molecular complexity index is 2890.